The Morgan fingerprint density at radius 3 is 2.68 bits per heavy atom. The number of rotatable bonds is 2. The summed E-state index contributed by atoms with van der Waals surface area (Å²) in [5.74, 6) is -0.369. The molecule has 2 atom stereocenters. The highest BCUT2D eigenvalue weighted by Crippen LogP contribution is 2.39. The highest BCUT2D eigenvalue weighted by molar-refractivity contribution is 6.30. The average Bonchev–Trinajstić information content (AvgIpc) is 2.95. The molecule has 6 heteroatoms. The van der Waals surface area contributed by atoms with Gasteiger partial charge in [-0.15, -0.1) is 0 Å². The molecule has 0 bridgehead atoms. The van der Waals surface area contributed by atoms with Crippen LogP contribution in [0.1, 0.15) is 25.6 Å². The SMILES string of the molecule is C[C@H]1Cn2nc(-c3ccc(Cl)cc3F)c(-c3ccncc3)c2[C@@H](C)N1. The summed E-state index contributed by atoms with van der Waals surface area (Å²) in [5.41, 5.74) is 4.07. The third-order valence-corrected chi connectivity index (χ3v) is 4.77. The number of halogens is 2. The van der Waals surface area contributed by atoms with E-state index >= 15 is 0 Å². The predicted molar refractivity (Wildman–Crippen MR) is 96.9 cm³/mol. The summed E-state index contributed by atoms with van der Waals surface area (Å²) in [7, 11) is 0. The van der Waals surface area contributed by atoms with Crippen LogP contribution in [0.5, 0.6) is 0 Å². The Kier molecular flexibility index (Phi) is 4.06. The number of benzene rings is 1. The molecule has 3 heterocycles. The molecule has 0 amide bonds. The van der Waals surface area contributed by atoms with Crippen LogP contribution in [-0.4, -0.2) is 20.8 Å². The van der Waals surface area contributed by atoms with Crippen molar-refractivity contribution in [3.8, 4) is 22.4 Å². The highest BCUT2D eigenvalue weighted by Gasteiger charge is 2.30. The van der Waals surface area contributed by atoms with Crippen molar-refractivity contribution in [2.75, 3.05) is 0 Å². The molecule has 4 nitrogen and oxygen atoms in total. The lowest BCUT2D eigenvalue weighted by atomic mass is 9.96. The van der Waals surface area contributed by atoms with Crippen molar-refractivity contribution in [1.29, 1.82) is 0 Å². The summed E-state index contributed by atoms with van der Waals surface area (Å²) >= 11 is 5.92. The molecule has 3 aromatic rings. The molecule has 0 fully saturated rings. The lowest BCUT2D eigenvalue weighted by Crippen LogP contribution is -2.39. The maximum atomic E-state index is 14.6. The summed E-state index contributed by atoms with van der Waals surface area (Å²) in [6.45, 7) is 4.97. The minimum atomic E-state index is -0.369. The number of pyridine rings is 1. The molecule has 0 radical (unpaired) electrons. The van der Waals surface area contributed by atoms with Crippen LogP contribution in [0.25, 0.3) is 22.4 Å². The van der Waals surface area contributed by atoms with Gasteiger partial charge in [0, 0.05) is 40.6 Å². The van der Waals surface area contributed by atoms with Gasteiger partial charge in [0.15, 0.2) is 0 Å². The summed E-state index contributed by atoms with van der Waals surface area (Å²) in [4.78, 5) is 4.10. The third-order valence-electron chi connectivity index (χ3n) is 4.54. The van der Waals surface area contributed by atoms with Gasteiger partial charge in [-0.1, -0.05) is 11.6 Å². The van der Waals surface area contributed by atoms with E-state index in [1.807, 2.05) is 16.8 Å². The lowest BCUT2D eigenvalue weighted by Gasteiger charge is -2.28. The number of aromatic nitrogens is 3. The van der Waals surface area contributed by atoms with Crippen LogP contribution in [-0.2, 0) is 6.54 Å². The Bertz CT molecular complexity index is 923. The Morgan fingerprint density at radius 1 is 1.20 bits per heavy atom. The molecule has 0 spiro atoms. The third kappa shape index (κ3) is 2.83. The van der Waals surface area contributed by atoms with Crippen LogP contribution in [0.2, 0.25) is 5.02 Å². The van der Waals surface area contributed by atoms with Crippen molar-refractivity contribution < 1.29 is 4.39 Å². The first-order valence-electron chi connectivity index (χ1n) is 8.27. The van der Waals surface area contributed by atoms with E-state index in [1.54, 1.807) is 24.5 Å². The second kappa shape index (κ2) is 6.24. The molecule has 1 aliphatic heterocycles. The van der Waals surface area contributed by atoms with E-state index < -0.39 is 0 Å². The van der Waals surface area contributed by atoms with Gasteiger partial charge < -0.3 is 5.32 Å². The standard InChI is InChI=1S/C19H18ClFN4/c1-11-10-25-19(12(2)23-11)17(13-5-7-22-8-6-13)18(24-25)15-4-3-14(20)9-16(15)21/h3-9,11-12,23H,10H2,1-2H3/t11-,12+/m0/s1. The van der Waals surface area contributed by atoms with Gasteiger partial charge in [-0.2, -0.15) is 5.10 Å². The van der Waals surface area contributed by atoms with Crippen LogP contribution in [0.4, 0.5) is 4.39 Å². The first-order chi connectivity index (χ1) is 12.0. The lowest BCUT2D eigenvalue weighted by molar-refractivity contribution is 0.345. The molecule has 0 saturated heterocycles. The molecule has 1 aliphatic rings. The van der Waals surface area contributed by atoms with Gasteiger partial charge in [-0.3, -0.25) is 9.67 Å². The minimum absolute atomic E-state index is 0.114. The van der Waals surface area contributed by atoms with Gasteiger partial charge in [0.25, 0.3) is 0 Å². The Balaban J connectivity index is 2.00. The molecule has 1 aromatic carbocycles. The normalized spacial score (nSPS) is 19.7. The van der Waals surface area contributed by atoms with E-state index in [0.717, 1.165) is 23.4 Å². The highest BCUT2D eigenvalue weighted by atomic mass is 35.5. The van der Waals surface area contributed by atoms with Crippen LogP contribution in [0, 0.1) is 5.82 Å². The van der Waals surface area contributed by atoms with Crippen molar-refractivity contribution in [2.45, 2.75) is 32.5 Å². The number of nitrogens with zero attached hydrogens (tertiary/aromatic N) is 3. The largest absolute Gasteiger partial charge is 0.304 e. The second-order valence-electron chi connectivity index (χ2n) is 6.44. The topological polar surface area (TPSA) is 42.7 Å². The molecule has 0 aliphatic carbocycles. The fraction of sp³-hybridized carbons (Fsp3) is 0.263. The number of hydrogen-bond donors (Lipinski definition) is 1. The Hall–Kier alpha value is -2.24. The van der Waals surface area contributed by atoms with Gasteiger partial charge in [0.05, 0.1) is 12.2 Å². The zero-order chi connectivity index (χ0) is 17.6. The fourth-order valence-corrected chi connectivity index (χ4v) is 3.70. The van der Waals surface area contributed by atoms with Gasteiger partial charge in [-0.05, 0) is 49.7 Å². The van der Waals surface area contributed by atoms with Gasteiger partial charge in [-0.25, -0.2) is 4.39 Å². The monoisotopic (exact) mass is 356 g/mol. The fourth-order valence-electron chi connectivity index (χ4n) is 3.55. The molecule has 128 valence electrons. The zero-order valence-corrected chi connectivity index (χ0v) is 14.8. The number of fused-ring (bicyclic) bond motifs is 1. The van der Waals surface area contributed by atoms with Crippen LogP contribution >= 0.6 is 11.6 Å². The van der Waals surface area contributed by atoms with Gasteiger partial charge >= 0.3 is 0 Å². The molecule has 0 saturated carbocycles. The van der Waals surface area contributed by atoms with E-state index in [2.05, 4.69) is 24.1 Å². The van der Waals surface area contributed by atoms with Crippen LogP contribution in [0.15, 0.2) is 42.7 Å². The summed E-state index contributed by atoms with van der Waals surface area (Å²) in [5, 5.41) is 8.68. The molecule has 25 heavy (non-hydrogen) atoms. The maximum absolute atomic E-state index is 14.6. The van der Waals surface area contributed by atoms with Crippen molar-refractivity contribution in [3.63, 3.8) is 0 Å². The van der Waals surface area contributed by atoms with Gasteiger partial charge in [0.1, 0.15) is 11.5 Å². The summed E-state index contributed by atoms with van der Waals surface area (Å²) in [6.07, 6.45) is 3.48. The molecule has 0 unspecified atom stereocenters. The second-order valence-corrected chi connectivity index (χ2v) is 6.88. The molecule has 1 N–H and O–H groups in total. The van der Waals surface area contributed by atoms with Crippen molar-refractivity contribution in [1.82, 2.24) is 20.1 Å². The predicted octanol–water partition coefficient (Wildman–Crippen LogP) is 4.46. The molecular formula is C19H18ClFN4. The maximum Gasteiger partial charge on any atom is 0.134 e. The van der Waals surface area contributed by atoms with Crippen LogP contribution in [0.3, 0.4) is 0 Å². The number of hydrogen-bond acceptors (Lipinski definition) is 3. The van der Waals surface area contributed by atoms with Crippen molar-refractivity contribution >= 4 is 11.6 Å². The first kappa shape index (κ1) is 16.2. The smallest absolute Gasteiger partial charge is 0.134 e. The number of nitrogens with one attached hydrogen (secondary N) is 1. The Morgan fingerprint density at radius 2 is 1.96 bits per heavy atom. The zero-order valence-electron chi connectivity index (χ0n) is 14.0. The van der Waals surface area contributed by atoms with E-state index in [1.165, 1.54) is 6.07 Å². The van der Waals surface area contributed by atoms with Crippen molar-refractivity contribution in [3.05, 3.63) is 59.3 Å². The van der Waals surface area contributed by atoms with Crippen molar-refractivity contribution in [2.24, 2.45) is 0 Å². The van der Waals surface area contributed by atoms with Gasteiger partial charge in [0.2, 0.25) is 0 Å². The summed E-state index contributed by atoms with van der Waals surface area (Å²) < 4.78 is 16.6. The minimum Gasteiger partial charge on any atom is -0.304 e. The van der Waals surface area contributed by atoms with E-state index in [4.69, 9.17) is 16.7 Å². The van der Waals surface area contributed by atoms with Crippen LogP contribution < -0.4 is 5.32 Å². The van der Waals surface area contributed by atoms with E-state index in [0.29, 0.717) is 22.3 Å². The Labute approximate surface area is 150 Å². The molecule has 4 rings (SSSR count). The molecular weight excluding hydrogens is 339 g/mol. The van der Waals surface area contributed by atoms with E-state index in [9.17, 15) is 4.39 Å². The summed E-state index contributed by atoms with van der Waals surface area (Å²) in [6, 6.07) is 8.99. The average molecular weight is 357 g/mol. The first-order valence-corrected chi connectivity index (χ1v) is 8.65. The molecule has 2 aromatic heterocycles. The quantitative estimate of drug-likeness (QED) is 0.737. The van der Waals surface area contributed by atoms with E-state index in [-0.39, 0.29) is 11.9 Å².